The SMILES string of the molecule is CNC(C)C(=O)NC(C(=O)N1CCN(C(=O)c2cc3cc(F)c(F)cc3n2CCOCCOCc2ccccc2)CC1)C1CCCCC1.Cl. The molecule has 1 saturated heterocycles. The summed E-state index contributed by atoms with van der Waals surface area (Å²) in [6, 6.07) is 12.6. The van der Waals surface area contributed by atoms with Crippen molar-refractivity contribution in [3.8, 4) is 0 Å². The molecule has 2 unspecified atom stereocenters. The first-order valence-electron chi connectivity index (χ1n) is 17.0. The van der Waals surface area contributed by atoms with Crippen molar-refractivity contribution in [2.24, 2.45) is 5.92 Å². The largest absolute Gasteiger partial charge is 0.377 e. The summed E-state index contributed by atoms with van der Waals surface area (Å²) in [5, 5.41) is 6.36. The molecule has 2 aromatic carbocycles. The molecule has 3 aromatic rings. The van der Waals surface area contributed by atoms with Crippen LogP contribution in [0.25, 0.3) is 10.9 Å². The standard InChI is InChI=1S/C36H47F2N5O5.ClH/c1-25(39-2)34(44)40-33(27-11-7-4-8-12-27)36(46)42-15-13-41(14-16-42)35(45)32-22-28-21-29(37)30(38)23-31(28)43(32)17-18-47-19-20-48-24-26-9-5-3-6-10-26;/h3,5-6,9-10,21-23,25,27,33,39H,4,7-8,11-20,24H2,1-2H3,(H,40,44);1H. The molecular formula is C36H48ClF2N5O5. The summed E-state index contributed by atoms with van der Waals surface area (Å²) in [6.07, 6.45) is 4.97. The van der Waals surface area contributed by atoms with Gasteiger partial charge in [0.25, 0.3) is 5.91 Å². The lowest BCUT2D eigenvalue weighted by atomic mass is 9.83. The summed E-state index contributed by atoms with van der Waals surface area (Å²) >= 11 is 0. The third-order valence-electron chi connectivity index (χ3n) is 9.50. The third kappa shape index (κ3) is 9.78. The van der Waals surface area contributed by atoms with Crippen LogP contribution in [0.2, 0.25) is 0 Å². The summed E-state index contributed by atoms with van der Waals surface area (Å²) in [4.78, 5) is 43.9. The van der Waals surface area contributed by atoms with Crippen LogP contribution in [0.1, 0.15) is 55.1 Å². The topological polar surface area (TPSA) is 105 Å². The molecule has 13 heteroatoms. The number of halogens is 3. The lowest BCUT2D eigenvalue weighted by Gasteiger charge is -2.39. The molecule has 5 rings (SSSR count). The van der Waals surface area contributed by atoms with Crippen LogP contribution < -0.4 is 10.6 Å². The number of rotatable bonds is 14. The van der Waals surface area contributed by atoms with E-state index in [0.29, 0.717) is 62.6 Å². The second kappa shape index (κ2) is 18.4. The van der Waals surface area contributed by atoms with Gasteiger partial charge < -0.3 is 34.5 Å². The number of nitrogens with one attached hydrogen (secondary N) is 2. The van der Waals surface area contributed by atoms with Crippen LogP contribution in [-0.2, 0) is 32.2 Å². The molecule has 2 aliphatic rings. The maximum atomic E-state index is 14.3. The Balaban J connectivity index is 0.00000541. The fraction of sp³-hybridized carbons (Fsp3) is 0.528. The molecule has 2 N–H and O–H groups in total. The zero-order valence-electron chi connectivity index (χ0n) is 28.3. The van der Waals surface area contributed by atoms with E-state index in [9.17, 15) is 23.2 Å². The van der Waals surface area contributed by atoms with Gasteiger partial charge in [-0.1, -0.05) is 49.6 Å². The van der Waals surface area contributed by atoms with Crippen LogP contribution in [-0.4, -0.2) is 97.2 Å². The number of amides is 3. The Labute approximate surface area is 292 Å². The van der Waals surface area contributed by atoms with Gasteiger partial charge in [-0.2, -0.15) is 0 Å². The molecule has 0 bridgehead atoms. The molecular weight excluding hydrogens is 656 g/mol. The molecule has 1 aromatic heterocycles. The van der Waals surface area contributed by atoms with Crippen LogP contribution >= 0.6 is 12.4 Å². The fourth-order valence-corrected chi connectivity index (χ4v) is 6.56. The molecule has 1 aliphatic heterocycles. The second-order valence-electron chi connectivity index (χ2n) is 12.7. The number of aromatic nitrogens is 1. The van der Waals surface area contributed by atoms with Crippen molar-refractivity contribution in [3.63, 3.8) is 0 Å². The van der Waals surface area contributed by atoms with Crippen LogP contribution in [0, 0.1) is 17.6 Å². The van der Waals surface area contributed by atoms with Crippen LogP contribution in [0.5, 0.6) is 0 Å². The average Bonchev–Trinajstić information content (AvgIpc) is 3.46. The highest BCUT2D eigenvalue weighted by Crippen LogP contribution is 2.28. The van der Waals surface area contributed by atoms with Crippen molar-refractivity contribution in [3.05, 3.63) is 71.4 Å². The molecule has 268 valence electrons. The van der Waals surface area contributed by atoms with E-state index in [4.69, 9.17) is 9.47 Å². The van der Waals surface area contributed by atoms with Crippen molar-refractivity contribution >= 4 is 41.0 Å². The third-order valence-corrected chi connectivity index (χ3v) is 9.50. The van der Waals surface area contributed by atoms with Gasteiger partial charge in [0.2, 0.25) is 11.8 Å². The predicted molar refractivity (Wildman–Crippen MR) is 186 cm³/mol. The van der Waals surface area contributed by atoms with Crippen molar-refractivity contribution < 1.29 is 32.6 Å². The zero-order valence-corrected chi connectivity index (χ0v) is 29.1. The maximum absolute atomic E-state index is 14.3. The lowest BCUT2D eigenvalue weighted by Crippen LogP contribution is -2.59. The molecule has 2 heterocycles. The van der Waals surface area contributed by atoms with Gasteiger partial charge in [-0.3, -0.25) is 14.4 Å². The molecule has 2 atom stereocenters. The quantitative estimate of drug-likeness (QED) is 0.239. The average molecular weight is 704 g/mol. The van der Waals surface area contributed by atoms with Crippen molar-refractivity contribution in [1.82, 2.24) is 25.0 Å². The second-order valence-corrected chi connectivity index (χ2v) is 12.7. The molecule has 0 spiro atoms. The normalized spacial score (nSPS) is 16.7. The molecule has 0 radical (unpaired) electrons. The smallest absolute Gasteiger partial charge is 0.270 e. The Bertz CT molecular complexity index is 1540. The number of hydrogen-bond acceptors (Lipinski definition) is 6. The van der Waals surface area contributed by atoms with Crippen molar-refractivity contribution in [1.29, 1.82) is 0 Å². The number of hydrogen-bond donors (Lipinski definition) is 2. The molecule has 49 heavy (non-hydrogen) atoms. The number of benzene rings is 2. The van der Waals surface area contributed by atoms with E-state index in [1.165, 1.54) is 0 Å². The molecule has 3 amide bonds. The van der Waals surface area contributed by atoms with Gasteiger partial charge >= 0.3 is 0 Å². The highest BCUT2D eigenvalue weighted by atomic mass is 35.5. The summed E-state index contributed by atoms with van der Waals surface area (Å²) in [5.74, 6) is -2.51. The van der Waals surface area contributed by atoms with Crippen LogP contribution in [0.4, 0.5) is 8.78 Å². The molecule has 2 fully saturated rings. The van der Waals surface area contributed by atoms with E-state index in [0.717, 1.165) is 49.8 Å². The molecule has 10 nitrogen and oxygen atoms in total. The van der Waals surface area contributed by atoms with E-state index in [1.54, 1.807) is 34.4 Å². The van der Waals surface area contributed by atoms with Crippen molar-refractivity contribution in [2.75, 3.05) is 53.0 Å². The van der Waals surface area contributed by atoms with Gasteiger partial charge in [0, 0.05) is 44.2 Å². The van der Waals surface area contributed by atoms with E-state index in [1.807, 2.05) is 30.3 Å². The summed E-state index contributed by atoms with van der Waals surface area (Å²) in [7, 11) is 1.71. The Kier molecular flexibility index (Phi) is 14.4. The first-order valence-corrected chi connectivity index (χ1v) is 17.0. The number of piperazine rings is 1. The Morgan fingerprint density at radius 1 is 0.878 bits per heavy atom. The van der Waals surface area contributed by atoms with Gasteiger partial charge in [0.05, 0.1) is 38.0 Å². The summed E-state index contributed by atoms with van der Waals surface area (Å²) in [6.45, 7) is 4.67. The van der Waals surface area contributed by atoms with Crippen molar-refractivity contribution in [2.45, 2.75) is 64.3 Å². The number of ether oxygens (including phenoxy) is 2. The minimum Gasteiger partial charge on any atom is -0.377 e. The summed E-state index contributed by atoms with van der Waals surface area (Å²) < 4.78 is 41.6. The predicted octanol–water partition coefficient (Wildman–Crippen LogP) is 4.53. The highest BCUT2D eigenvalue weighted by Gasteiger charge is 2.36. The maximum Gasteiger partial charge on any atom is 0.270 e. The molecule has 1 saturated carbocycles. The minimum atomic E-state index is -0.994. The number of nitrogens with zero attached hydrogens (tertiary/aromatic N) is 3. The lowest BCUT2D eigenvalue weighted by molar-refractivity contribution is -0.140. The van der Waals surface area contributed by atoms with Crippen LogP contribution in [0.3, 0.4) is 0 Å². The minimum absolute atomic E-state index is 0. The van der Waals surface area contributed by atoms with Gasteiger partial charge in [-0.15, -0.1) is 12.4 Å². The number of likely N-dealkylation sites (N-methyl/N-ethyl adjacent to an activating group) is 1. The van der Waals surface area contributed by atoms with Gasteiger partial charge in [-0.25, -0.2) is 8.78 Å². The van der Waals surface area contributed by atoms with Crippen LogP contribution in [0.15, 0.2) is 48.5 Å². The Morgan fingerprint density at radius 2 is 1.53 bits per heavy atom. The number of fused-ring (bicyclic) bond motifs is 1. The first-order chi connectivity index (χ1) is 23.3. The first kappa shape index (κ1) is 38.2. The van der Waals surface area contributed by atoms with E-state index in [2.05, 4.69) is 10.6 Å². The van der Waals surface area contributed by atoms with E-state index >= 15 is 0 Å². The van der Waals surface area contributed by atoms with Gasteiger partial charge in [-0.05, 0) is 50.4 Å². The highest BCUT2D eigenvalue weighted by molar-refractivity contribution is 5.99. The Hall–Kier alpha value is -3.58. The number of carbonyl (C=O) groups excluding carboxylic acids is 3. The van der Waals surface area contributed by atoms with Gasteiger partial charge in [0.15, 0.2) is 11.6 Å². The van der Waals surface area contributed by atoms with E-state index in [-0.39, 0.29) is 49.2 Å². The number of carbonyl (C=O) groups is 3. The zero-order chi connectivity index (χ0) is 34.0. The molecule has 1 aliphatic carbocycles. The summed E-state index contributed by atoms with van der Waals surface area (Å²) in [5.41, 5.74) is 1.76. The monoisotopic (exact) mass is 703 g/mol. The van der Waals surface area contributed by atoms with Gasteiger partial charge in [0.1, 0.15) is 11.7 Å². The Morgan fingerprint density at radius 3 is 2.22 bits per heavy atom. The van der Waals surface area contributed by atoms with E-state index < -0.39 is 23.7 Å². The fourth-order valence-electron chi connectivity index (χ4n) is 6.56.